The molecule has 1 aromatic rings. The average Bonchev–Trinajstić information content (AvgIpc) is 2.45. The number of carbonyl (C=O) groups is 1. The number of nitrogens with zero attached hydrogens (tertiary/aromatic N) is 1. The lowest BCUT2D eigenvalue weighted by Gasteiger charge is -2.19. The quantitative estimate of drug-likeness (QED) is 0.556. The molecule has 0 aliphatic carbocycles. The highest BCUT2D eigenvalue weighted by Crippen LogP contribution is 2.16. The Morgan fingerprint density at radius 1 is 1.45 bits per heavy atom. The fourth-order valence-electron chi connectivity index (χ4n) is 1.88. The van der Waals surface area contributed by atoms with Crippen LogP contribution in [0, 0.1) is 6.92 Å². The fourth-order valence-corrected chi connectivity index (χ4v) is 1.88. The third-order valence-corrected chi connectivity index (χ3v) is 2.96. The number of amides is 1. The first-order valence-corrected chi connectivity index (χ1v) is 6.87. The average molecular weight is 277 g/mol. The number of aliphatic hydroxyl groups is 1. The van der Waals surface area contributed by atoms with Crippen LogP contribution in [0.2, 0.25) is 0 Å². The largest absolute Gasteiger partial charge is 0.493 e. The Morgan fingerprint density at radius 2 is 2.20 bits per heavy atom. The number of benzene rings is 1. The second kappa shape index (κ2) is 9.15. The van der Waals surface area contributed by atoms with E-state index in [-0.39, 0.29) is 12.5 Å². The second-order valence-corrected chi connectivity index (χ2v) is 4.57. The number of carbonyl (C=O) groups excluding carboxylic acids is 1. The van der Waals surface area contributed by atoms with Crippen molar-refractivity contribution in [2.45, 2.75) is 19.8 Å². The van der Waals surface area contributed by atoms with Crippen LogP contribution < -0.4 is 4.74 Å². The first-order chi connectivity index (χ1) is 9.69. The van der Waals surface area contributed by atoms with Crippen molar-refractivity contribution < 1.29 is 14.6 Å². The molecule has 1 aromatic carbocycles. The number of aryl methyl sites for hydroxylation is 1. The minimum absolute atomic E-state index is 0.0207. The number of ether oxygens (including phenoxy) is 1. The molecule has 0 radical (unpaired) electrons. The molecule has 0 unspecified atom stereocenters. The summed E-state index contributed by atoms with van der Waals surface area (Å²) in [5.41, 5.74) is 1.09. The van der Waals surface area contributed by atoms with E-state index in [9.17, 15) is 4.79 Å². The van der Waals surface area contributed by atoms with E-state index < -0.39 is 0 Å². The summed E-state index contributed by atoms with van der Waals surface area (Å²) in [6.45, 7) is 6.91. The molecule has 20 heavy (non-hydrogen) atoms. The maximum absolute atomic E-state index is 11.9. The van der Waals surface area contributed by atoms with E-state index in [1.165, 1.54) is 0 Å². The molecule has 0 spiro atoms. The van der Waals surface area contributed by atoms with Crippen LogP contribution in [0.15, 0.2) is 36.9 Å². The van der Waals surface area contributed by atoms with Crippen LogP contribution in [0.4, 0.5) is 0 Å². The van der Waals surface area contributed by atoms with Crippen LogP contribution in [0.3, 0.4) is 0 Å². The monoisotopic (exact) mass is 277 g/mol. The molecule has 0 heterocycles. The van der Waals surface area contributed by atoms with E-state index in [0.717, 1.165) is 11.3 Å². The molecule has 0 fully saturated rings. The van der Waals surface area contributed by atoms with Gasteiger partial charge >= 0.3 is 0 Å². The van der Waals surface area contributed by atoms with Gasteiger partial charge in [-0.25, -0.2) is 0 Å². The number of para-hydroxylation sites is 1. The molecule has 0 bridgehead atoms. The summed E-state index contributed by atoms with van der Waals surface area (Å²) >= 11 is 0. The third kappa shape index (κ3) is 5.45. The Kier molecular flexibility index (Phi) is 7.43. The van der Waals surface area contributed by atoms with Gasteiger partial charge in [0.05, 0.1) is 13.2 Å². The summed E-state index contributed by atoms with van der Waals surface area (Å²) in [6.07, 6.45) is 2.74. The van der Waals surface area contributed by atoms with Crippen LogP contribution in [0.25, 0.3) is 0 Å². The lowest BCUT2D eigenvalue weighted by Crippen LogP contribution is -2.33. The number of rotatable bonds is 9. The zero-order valence-corrected chi connectivity index (χ0v) is 12.0. The van der Waals surface area contributed by atoms with E-state index >= 15 is 0 Å². The van der Waals surface area contributed by atoms with Gasteiger partial charge in [-0.2, -0.15) is 0 Å². The van der Waals surface area contributed by atoms with Crippen molar-refractivity contribution in [2.75, 3.05) is 26.3 Å². The lowest BCUT2D eigenvalue weighted by atomic mass is 10.2. The van der Waals surface area contributed by atoms with Crippen molar-refractivity contribution in [3.63, 3.8) is 0 Å². The van der Waals surface area contributed by atoms with Gasteiger partial charge in [-0.15, -0.1) is 6.58 Å². The van der Waals surface area contributed by atoms with Crippen molar-refractivity contribution in [3.8, 4) is 5.75 Å². The number of hydrogen-bond donors (Lipinski definition) is 1. The van der Waals surface area contributed by atoms with Crippen LogP contribution in [0.1, 0.15) is 18.4 Å². The fraction of sp³-hybridized carbons (Fsp3) is 0.438. The maximum Gasteiger partial charge on any atom is 0.223 e. The molecular formula is C16H23NO3. The van der Waals surface area contributed by atoms with Crippen LogP contribution >= 0.6 is 0 Å². The SMILES string of the molecule is C=CCN(CCO)C(=O)CCCOc1ccccc1C. The van der Waals surface area contributed by atoms with Gasteiger partial charge in [-0.05, 0) is 25.0 Å². The van der Waals surface area contributed by atoms with E-state index in [0.29, 0.717) is 32.5 Å². The summed E-state index contributed by atoms with van der Waals surface area (Å²) < 4.78 is 5.65. The standard InChI is InChI=1S/C16H23NO3/c1-3-10-17(11-12-18)16(19)9-6-13-20-15-8-5-4-7-14(15)2/h3-5,7-8,18H,1,6,9-13H2,2H3. The number of hydrogen-bond acceptors (Lipinski definition) is 3. The van der Waals surface area contributed by atoms with Gasteiger partial charge in [0, 0.05) is 19.5 Å². The van der Waals surface area contributed by atoms with E-state index in [2.05, 4.69) is 6.58 Å². The first-order valence-electron chi connectivity index (χ1n) is 6.87. The third-order valence-electron chi connectivity index (χ3n) is 2.96. The molecule has 1 rings (SSSR count). The molecule has 1 N–H and O–H groups in total. The van der Waals surface area contributed by atoms with Crippen molar-refractivity contribution in [3.05, 3.63) is 42.5 Å². The van der Waals surface area contributed by atoms with E-state index in [1.807, 2.05) is 31.2 Å². The highest BCUT2D eigenvalue weighted by Gasteiger charge is 2.11. The molecule has 0 aliphatic heterocycles. The minimum Gasteiger partial charge on any atom is -0.493 e. The highest BCUT2D eigenvalue weighted by molar-refractivity contribution is 5.76. The van der Waals surface area contributed by atoms with Crippen LogP contribution in [-0.2, 0) is 4.79 Å². The van der Waals surface area contributed by atoms with Crippen molar-refractivity contribution >= 4 is 5.91 Å². The summed E-state index contributed by atoms with van der Waals surface area (Å²) in [6, 6.07) is 7.81. The molecule has 4 nitrogen and oxygen atoms in total. The maximum atomic E-state index is 11.9. The smallest absolute Gasteiger partial charge is 0.223 e. The van der Waals surface area contributed by atoms with Crippen LogP contribution in [0.5, 0.6) is 5.75 Å². The van der Waals surface area contributed by atoms with Gasteiger partial charge < -0.3 is 14.7 Å². The summed E-state index contributed by atoms with van der Waals surface area (Å²) in [4.78, 5) is 13.5. The summed E-state index contributed by atoms with van der Waals surface area (Å²) in [7, 11) is 0. The Balaban J connectivity index is 2.31. The zero-order chi connectivity index (χ0) is 14.8. The molecule has 1 amide bonds. The molecule has 0 aromatic heterocycles. The van der Waals surface area contributed by atoms with E-state index in [4.69, 9.17) is 9.84 Å². The Morgan fingerprint density at radius 3 is 2.85 bits per heavy atom. The van der Waals surface area contributed by atoms with Gasteiger partial charge in [0.15, 0.2) is 0 Å². The Bertz CT molecular complexity index is 431. The predicted molar refractivity (Wildman–Crippen MR) is 79.8 cm³/mol. The zero-order valence-electron chi connectivity index (χ0n) is 12.0. The molecule has 4 heteroatoms. The molecule has 0 atom stereocenters. The topological polar surface area (TPSA) is 49.8 Å². The minimum atomic E-state index is -0.0285. The summed E-state index contributed by atoms with van der Waals surface area (Å²) in [5.74, 6) is 0.880. The predicted octanol–water partition coefficient (Wildman–Crippen LogP) is 2.16. The highest BCUT2D eigenvalue weighted by atomic mass is 16.5. The Labute approximate surface area is 120 Å². The summed E-state index contributed by atoms with van der Waals surface area (Å²) in [5, 5.41) is 8.91. The molecule has 0 aliphatic rings. The van der Waals surface area contributed by atoms with Gasteiger partial charge in [0.25, 0.3) is 0 Å². The first kappa shape index (κ1) is 16.2. The van der Waals surface area contributed by atoms with Crippen molar-refractivity contribution in [2.24, 2.45) is 0 Å². The van der Waals surface area contributed by atoms with Crippen molar-refractivity contribution in [1.82, 2.24) is 4.90 Å². The lowest BCUT2D eigenvalue weighted by molar-refractivity contribution is -0.131. The number of aliphatic hydroxyl groups excluding tert-OH is 1. The normalized spacial score (nSPS) is 10.1. The second-order valence-electron chi connectivity index (χ2n) is 4.57. The molecule has 110 valence electrons. The van der Waals surface area contributed by atoms with Gasteiger partial charge in [0.1, 0.15) is 5.75 Å². The van der Waals surface area contributed by atoms with Crippen LogP contribution in [-0.4, -0.2) is 42.2 Å². The Hall–Kier alpha value is -1.81. The van der Waals surface area contributed by atoms with Crippen molar-refractivity contribution in [1.29, 1.82) is 0 Å². The van der Waals surface area contributed by atoms with E-state index in [1.54, 1.807) is 11.0 Å². The molecule has 0 saturated heterocycles. The van der Waals surface area contributed by atoms with Gasteiger partial charge in [0.2, 0.25) is 5.91 Å². The molecular weight excluding hydrogens is 254 g/mol. The van der Waals surface area contributed by atoms with Gasteiger partial charge in [-0.1, -0.05) is 24.3 Å². The molecule has 0 saturated carbocycles. The van der Waals surface area contributed by atoms with Gasteiger partial charge in [-0.3, -0.25) is 4.79 Å².